The zero-order valence-electron chi connectivity index (χ0n) is 17.9. The molecule has 2 saturated carbocycles. The number of aromatic nitrogens is 1. The van der Waals surface area contributed by atoms with E-state index in [1.807, 2.05) is 19.1 Å². The van der Waals surface area contributed by atoms with Crippen molar-refractivity contribution in [2.45, 2.75) is 76.3 Å². The minimum Gasteiger partial charge on any atom is -0.480 e. The van der Waals surface area contributed by atoms with Gasteiger partial charge in [-0.05, 0) is 76.2 Å². The van der Waals surface area contributed by atoms with Crippen LogP contribution in [0.2, 0.25) is 0 Å². The van der Waals surface area contributed by atoms with Gasteiger partial charge < -0.3 is 14.3 Å². The first kappa shape index (κ1) is 21.4. The van der Waals surface area contributed by atoms with Gasteiger partial charge >= 0.3 is 5.97 Å². The van der Waals surface area contributed by atoms with Crippen LogP contribution in [0.1, 0.15) is 62.0 Å². The van der Waals surface area contributed by atoms with E-state index in [0.717, 1.165) is 61.3 Å². The number of oxazole rings is 1. The number of thioether (sulfide) groups is 1. The molecule has 2 fully saturated rings. The molecule has 30 heavy (non-hydrogen) atoms. The number of rotatable bonds is 8. The van der Waals surface area contributed by atoms with Crippen LogP contribution in [0.4, 0.5) is 0 Å². The smallest absolute Gasteiger partial charge is 0.319 e. The topological polar surface area (TPSA) is 72.6 Å². The third-order valence-corrected chi connectivity index (χ3v) is 8.30. The van der Waals surface area contributed by atoms with Crippen LogP contribution in [-0.2, 0) is 16.1 Å². The lowest BCUT2D eigenvalue weighted by Crippen LogP contribution is -2.42. The van der Waals surface area contributed by atoms with Gasteiger partial charge in [-0.2, -0.15) is 0 Å². The third-order valence-electron chi connectivity index (χ3n) is 6.53. The van der Waals surface area contributed by atoms with E-state index in [4.69, 9.17) is 9.15 Å². The first-order valence-corrected chi connectivity index (χ1v) is 12.0. The highest BCUT2D eigenvalue weighted by Crippen LogP contribution is 2.46. The summed E-state index contributed by atoms with van der Waals surface area (Å²) in [5.74, 6) is 2.28. The highest BCUT2D eigenvalue weighted by atomic mass is 32.2. The number of carboxylic acid groups (broad SMARTS) is 1. The van der Waals surface area contributed by atoms with E-state index in [2.05, 4.69) is 24.0 Å². The Hall–Kier alpha value is -1.79. The van der Waals surface area contributed by atoms with E-state index < -0.39 is 10.7 Å². The molecule has 0 aliphatic heterocycles. The second-order valence-corrected chi connectivity index (χ2v) is 10.2. The summed E-state index contributed by atoms with van der Waals surface area (Å²) in [5, 5.41) is 9.54. The Kier molecular flexibility index (Phi) is 6.54. The Bertz CT molecular complexity index is 872. The lowest BCUT2D eigenvalue weighted by molar-refractivity contribution is -0.142. The van der Waals surface area contributed by atoms with Crippen molar-refractivity contribution in [2.24, 2.45) is 5.92 Å². The second-order valence-electron chi connectivity index (χ2n) is 8.82. The Morgan fingerprint density at radius 1 is 1.23 bits per heavy atom. The second kappa shape index (κ2) is 9.15. The number of ether oxygens (including phenoxy) is 1. The molecule has 0 spiro atoms. The molecule has 0 bridgehead atoms. The van der Waals surface area contributed by atoms with Crippen molar-refractivity contribution < 1.29 is 19.1 Å². The molecule has 0 saturated heterocycles. The van der Waals surface area contributed by atoms with E-state index in [9.17, 15) is 9.90 Å². The Balaban J connectivity index is 1.29. The molecule has 2 aliphatic rings. The van der Waals surface area contributed by atoms with Crippen molar-refractivity contribution >= 4 is 17.7 Å². The number of benzene rings is 1. The molecule has 2 atom stereocenters. The fourth-order valence-corrected chi connectivity index (χ4v) is 5.88. The monoisotopic (exact) mass is 429 g/mol. The van der Waals surface area contributed by atoms with Crippen LogP contribution < -0.4 is 0 Å². The standard InChI is InChI=1S/C24H31NO4S/c1-16-7-9-19(10-8-16)22-25-21(17(2)29-22)14-28-20-6-3-5-18(13-20)15-30-24(23(26)27)11-4-12-24/h7-10,18,20H,3-6,11-15H2,1-2H3,(H,26,27). The van der Waals surface area contributed by atoms with Gasteiger partial charge in [-0.15, -0.1) is 11.8 Å². The molecule has 2 aliphatic carbocycles. The number of hydrogen-bond acceptors (Lipinski definition) is 5. The zero-order chi connectivity index (χ0) is 21.1. The van der Waals surface area contributed by atoms with Crippen molar-refractivity contribution in [3.05, 3.63) is 41.3 Å². The molecular weight excluding hydrogens is 398 g/mol. The Morgan fingerprint density at radius 2 is 2.00 bits per heavy atom. The van der Waals surface area contributed by atoms with Gasteiger partial charge in [0.05, 0.1) is 12.7 Å². The van der Waals surface area contributed by atoms with Crippen LogP contribution in [0, 0.1) is 19.8 Å². The Labute approximate surface area is 182 Å². The molecular formula is C24H31NO4S. The van der Waals surface area contributed by atoms with Crippen LogP contribution in [0.3, 0.4) is 0 Å². The van der Waals surface area contributed by atoms with Crippen LogP contribution in [0.25, 0.3) is 11.5 Å². The van der Waals surface area contributed by atoms with E-state index in [1.165, 1.54) is 12.0 Å². The summed E-state index contributed by atoms with van der Waals surface area (Å²) in [6.07, 6.45) is 7.26. The van der Waals surface area contributed by atoms with Gasteiger partial charge in [-0.1, -0.05) is 24.1 Å². The van der Waals surface area contributed by atoms with E-state index >= 15 is 0 Å². The van der Waals surface area contributed by atoms with Gasteiger partial charge in [-0.3, -0.25) is 4.79 Å². The first-order chi connectivity index (χ1) is 14.4. The van der Waals surface area contributed by atoms with E-state index in [-0.39, 0.29) is 6.10 Å². The van der Waals surface area contributed by atoms with E-state index in [1.54, 1.807) is 11.8 Å². The Morgan fingerprint density at radius 3 is 2.67 bits per heavy atom. The lowest BCUT2D eigenvalue weighted by atomic mass is 9.84. The molecule has 1 heterocycles. The minimum absolute atomic E-state index is 0.213. The van der Waals surface area contributed by atoms with Gasteiger partial charge in [0, 0.05) is 5.56 Å². The summed E-state index contributed by atoms with van der Waals surface area (Å²) in [4.78, 5) is 16.3. The van der Waals surface area contributed by atoms with Crippen LogP contribution in [0.5, 0.6) is 0 Å². The molecule has 4 rings (SSSR count). The predicted octanol–water partition coefficient (Wildman–Crippen LogP) is 5.77. The molecule has 1 N–H and O–H groups in total. The number of hydrogen-bond donors (Lipinski definition) is 1. The van der Waals surface area contributed by atoms with Crippen molar-refractivity contribution in [3.8, 4) is 11.5 Å². The predicted molar refractivity (Wildman–Crippen MR) is 119 cm³/mol. The number of carboxylic acids is 1. The molecule has 0 amide bonds. The van der Waals surface area contributed by atoms with Crippen molar-refractivity contribution in [2.75, 3.05) is 5.75 Å². The fraction of sp³-hybridized carbons (Fsp3) is 0.583. The van der Waals surface area contributed by atoms with Crippen molar-refractivity contribution in [1.82, 2.24) is 4.98 Å². The van der Waals surface area contributed by atoms with Crippen LogP contribution >= 0.6 is 11.8 Å². The number of nitrogens with zero attached hydrogens (tertiary/aromatic N) is 1. The van der Waals surface area contributed by atoms with Crippen molar-refractivity contribution in [1.29, 1.82) is 0 Å². The molecule has 2 unspecified atom stereocenters. The third kappa shape index (κ3) is 4.75. The summed E-state index contributed by atoms with van der Waals surface area (Å²) >= 11 is 1.66. The lowest BCUT2D eigenvalue weighted by Gasteiger charge is -2.38. The summed E-state index contributed by atoms with van der Waals surface area (Å²) in [7, 11) is 0. The molecule has 6 heteroatoms. The largest absolute Gasteiger partial charge is 0.480 e. The average molecular weight is 430 g/mol. The van der Waals surface area contributed by atoms with Gasteiger partial charge in [0.25, 0.3) is 0 Å². The minimum atomic E-state index is -0.631. The summed E-state index contributed by atoms with van der Waals surface area (Å²) in [6.45, 7) is 4.46. The molecule has 162 valence electrons. The van der Waals surface area contributed by atoms with Gasteiger partial charge in [0.2, 0.25) is 5.89 Å². The van der Waals surface area contributed by atoms with Gasteiger partial charge in [0.15, 0.2) is 0 Å². The summed E-state index contributed by atoms with van der Waals surface area (Å²) in [6, 6.07) is 8.17. The van der Waals surface area contributed by atoms with Gasteiger partial charge in [-0.25, -0.2) is 4.98 Å². The molecule has 1 aromatic carbocycles. The summed E-state index contributed by atoms with van der Waals surface area (Å²) in [5.41, 5.74) is 3.05. The normalized spacial score (nSPS) is 23.1. The average Bonchev–Trinajstić information content (AvgIpc) is 3.07. The molecule has 2 aromatic rings. The van der Waals surface area contributed by atoms with E-state index in [0.29, 0.717) is 18.4 Å². The van der Waals surface area contributed by atoms with Gasteiger partial charge in [0.1, 0.15) is 16.2 Å². The first-order valence-electron chi connectivity index (χ1n) is 11.0. The van der Waals surface area contributed by atoms with Crippen LogP contribution in [0.15, 0.2) is 28.7 Å². The summed E-state index contributed by atoms with van der Waals surface area (Å²) < 4.78 is 11.6. The number of carbonyl (C=O) groups is 1. The number of aryl methyl sites for hydroxylation is 2. The highest BCUT2D eigenvalue weighted by Gasteiger charge is 2.45. The van der Waals surface area contributed by atoms with Crippen molar-refractivity contribution in [3.63, 3.8) is 0 Å². The quantitative estimate of drug-likeness (QED) is 0.574. The fourth-order valence-electron chi connectivity index (χ4n) is 4.32. The zero-order valence-corrected chi connectivity index (χ0v) is 18.7. The maximum atomic E-state index is 11.6. The molecule has 5 nitrogen and oxygen atoms in total. The maximum Gasteiger partial charge on any atom is 0.319 e. The highest BCUT2D eigenvalue weighted by molar-refractivity contribution is 8.01. The maximum absolute atomic E-state index is 11.6. The number of aliphatic carboxylic acids is 1. The molecule has 1 aromatic heterocycles. The SMILES string of the molecule is Cc1ccc(-c2nc(COC3CCCC(CSC4(C(=O)O)CCC4)C3)c(C)o2)cc1. The van der Waals surface area contributed by atoms with Crippen LogP contribution in [-0.4, -0.2) is 32.7 Å². The molecule has 0 radical (unpaired) electrons.